The van der Waals surface area contributed by atoms with Crippen molar-refractivity contribution in [2.75, 3.05) is 20.3 Å². The monoisotopic (exact) mass is 363 g/mol. The molecule has 140 valence electrons. The summed E-state index contributed by atoms with van der Waals surface area (Å²) in [5, 5.41) is 1.09. The molecule has 2 aromatic carbocycles. The standard InChI is InChI=1S/C23H25NO3/c1-3-8-18-12-13-20(22(17-18)25-2)26-15-4-5-16-27-21-11-6-9-19-10-7-14-24-23(19)21/h3,6-7,9-14,17H,1,4-5,8,15-16H2,2H3. The van der Waals surface area contributed by atoms with Gasteiger partial charge in [0.25, 0.3) is 0 Å². The van der Waals surface area contributed by atoms with E-state index in [0.29, 0.717) is 13.2 Å². The van der Waals surface area contributed by atoms with Crippen LogP contribution in [-0.2, 0) is 6.42 Å². The smallest absolute Gasteiger partial charge is 0.161 e. The van der Waals surface area contributed by atoms with Crippen LogP contribution >= 0.6 is 0 Å². The number of rotatable bonds is 10. The summed E-state index contributed by atoms with van der Waals surface area (Å²) < 4.78 is 17.2. The summed E-state index contributed by atoms with van der Waals surface area (Å²) in [4.78, 5) is 4.41. The molecular formula is C23H25NO3. The maximum Gasteiger partial charge on any atom is 0.161 e. The summed E-state index contributed by atoms with van der Waals surface area (Å²) in [6, 6.07) is 15.9. The van der Waals surface area contributed by atoms with Gasteiger partial charge in [-0.2, -0.15) is 0 Å². The molecule has 0 saturated heterocycles. The minimum Gasteiger partial charge on any atom is -0.493 e. The Morgan fingerprint density at radius 2 is 1.70 bits per heavy atom. The van der Waals surface area contributed by atoms with Crippen LogP contribution in [0.2, 0.25) is 0 Å². The van der Waals surface area contributed by atoms with Crippen molar-refractivity contribution >= 4 is 10.9 Å². The number of para-hydroxylation sites is 1. The molecule has 1 heterocycles. The maximum atomic E-state index is 5.91. The fraction of sp³-hybridized carbons (Fsp3) is 0.261. The molecule has 0 fully saturated rings. The normalized spacial score (nSPS) is 10.6. The Hall–Kier alpha value is -3.01. The van der Waals surface area contributed by atoms with Gasteiger partial charge in [0, 0.05) is 11.6 Å². The third-order valence-electron chi connectivity index (χ3n) is 4.26. The maximum absolute atomic E-state index is 5.91. The van der Waals surface area contributed by atoms with Gasteiger partial charge >= 0.3 is 0 Å². The highest BCUT2D eigenvalue weighted by Gasteiger charge is 2.06. The van der Waals surface area contributed by atoms with Gasteiger partial charge in [0.05, 0.1) is 20.3 Å². The van der Waals surface area contributed by atoms with E-state index in [9.17, 15) is 0 Å². The number of pyridine rings is 1. The van der Waals surface area contributed by atoms with Crippen LogP contribution in [0.3, 0.4) is 0 Å². The minimum atomic E-state index is 0.619. The van der Waals surface area contributed by atoms with E-state index in [4.69, 9.17) is 14.2 Å². The van der Waals surface area contributed by atoms with Crippen LogP contribution in [0.5, 0.6) is 17.2 Å². The molecule has 0 bridgehead atoms. The Labute approximate surface area is 160 Å². The van der Waals surface area contributed by atoms with Crippen molar-refractivity contribution in [1.82, 2.24) is 4.98 Å². The summed E-state index contributed by atoms with van der Waals surface area (Å²) in [6.45, 7) is 5.02. The molecule has 0 N–H and O–H groups in total. The van der Waals surface area contributed by atoms with Gasteiger partial charge in [0.1, 0.15) is 11.3 Å². The molecule has 0 saturated carbocycles. The molecule has 0 aliphatic heterocycles. The number of benzene rings is 2. The summed E-state index contributed by atoms with van der Waals surface area (Å²) in [6.07, 6.45) is 6.28. The van der Waals surface area contributed by atoms with Crippen LogP contribution in [0.1, 0.15) is 18.4 Å². The lowest BCUT2D eigenvalue weighted by Crippen LogP contribution is -2.04. The second kappa shape index (κ2) is 9.62. The Kier molecular flexibility index (Phi) is 6.69. The Balaban J connectivity index is 1.45. The molecule has 0 atom stereocenters. The van der Waals surface area contributed by atoms with Crippen LogP contribution in [0.15, 0.2) is 67.4 Å². The number of nitrogens with zero attached hydrogens (tertiary/aromatic N) is 1. The third-order valence-corrected chi connectivity index (χ3v) is 4.26. The summed E-state index contributed by atoms with van der Waals surface area (Å²) in [7, 11) is 1.66. The molecule has 0 unspecified atom stereocenters. The summed E-state index contributed by atoms with van der Waals surface area (Å²) >= 11 is 0. The van der Waals surface area contributed by atoms with Crippen molar-refractivity contribution in [2.45, 2.75) is 19.3 Å². The number of hydrogen-bond acceptors (Lipinski definition) is 4. The Morgan fingerprint density at radius 1 is 0.926 bits per heavy atom. The van der Waals surface area contributed by atoms with Gasteiger partial charge in [-0.15, -0.1) is 6.58 Å². The first-order chi connectivity index (χ1) is 13.3. The second-order valence-corrected chi connectivity index (χ2v) is 6.21. The van der Waals surface area contributed by atoms with E-state index in [1.54, 1.807) is 13.3 Å². The largest absolute Gasteiger partial charge is 0.493 e. The molecule has 0 aliphatic carbocycles. The predicted molar refractivity (Wildman–Crippen MR) is 109 cm³/mol. The highest BCUT2D eigenvalue weighted by Crippen LogP contribution is 2.28. The molecule has 3 aromatic rings. The van der Waals surface area contributed by atoms with Crippen molar-refractivity contribution in [2.24, 2.45) is 0 Å². The van der Waals surface area contributed by atoms with E-state index in [1.165, 1.54) is 0 Å². The average Bonchev–Trinajstić information content (AvgIpc) is 2.71. The van der Waals surface area contributed by atoms with Crippen molar-refractivity contribution in [3.05, 3.63) is 72.9 Å². The van der Waals surface area contributed by atoms with E-state index in [-0.39, 0.29) is 0 Å². The number of ether oxygens (including phenoxy) is 3. The van der Waals surface area contributed by atoms with E-state index in [2.05, 4.69) is 11.6 Å². The fourth-order valence-electron chi connectivity index (χ4n) is 2.89. The molecule has 0 radical (unpaired) electrons. The van der Waals surface area contributed by atoms with Gasteiger partial charge < -0.3 is 14.2 Å². The molecule has 4 heteroatoms. The zero-order chi connectivity index (χ0) is 18.9. The van der Waals surface area contributed by atoms with Crippen LogP contribution < -0.4 is 14.2 Å². The van der Waals surface area contributed by atoms with Gasteiger partial charge in [0.15, 0.2) is 11.5 Å². The van der Waals surface area contributed by atoms with Crippen molar-refractivity contribution < 1.29 is 14.2 Å². The fourth-order valence-corrected chi connectivity index (χ4v) is 2.89. The number of fused-ring (bicyclic) bond motifs is 1. The number of hydrogen-bond donors (Lipinski definition) is 0. The zero-order valence-electron chi connectivity index (χ0n) is 15.7. The van der Waals surface area contributed by atoms with Gasteiger partial charge in [-0.25, -0.2) is 0 Å². The van der Waals surface area contributed by atoms with Gasteiger partial charge in [-0.1, -0.05) is 30.3 Å². The quantitative estimate of drug-likeness (QED) is 0.366. The first-order valence-corrected chi connectivity index (χ1v) is 9.19. The number of unbranched alkanes of at least 4 members (excludes halogenated alkanes) is 1. The van der Waals surface area contributed by atoms with E-state index >= 15 is 0 Å². The first-order valence-electron chi connectivity index (χ1n) is 9.19. The highest BCUT2D eigenvalue weighted by atomic mass is 16.5. The van der Waals surface area contributed by atoms with Crippen molar-refractivity contribution in [3.8, 4) is 17.2 Å². The van der Waals surface area contributed by atoms with Gasteiger partial charge in [-0.05, 0) is 49.1 Å². The SMILES string of the molecule is C=CCc1ccc(OCCCCOc2cccc3cccnc23)c(OC)c1. The van der Waals surface area contributed by atoms with Crippen LogP contribution in [0.4, 0.5) is 0 Å². The molecular weight excluding hydrogens is 338 g/mol. The van der Waals surface area contributed by atoms with Crippen molar-refractivity contribution in [3.63, 3.8) is 0 Å². The van der Waals surface area contributed by atoms with Crippen LogP contribution in [-0.4, -0.2) is 25.3 Å². The molecule has 27 heavy (non-hydrogen) atoms. The molecule has 3 rings (SSSR count). The highest BCUT2D eigenvalue weighted by molar-refractivity contribution is 5.84. The van der Waals surface area contributed by atoms with E-state index in [0.717, 1.165) is 53.0 Å². The molecule has 4 nitrogen and oxygen atoms in total. The third kappa shape index (κ3) is 5.00. The molecule has 1 aromatic heterocycles. The lowest BCUT2D eigenvalue weighted by Gasteiger charge is -2.12. The topological polar surface area (TPSA) is 40.6 Å². The second-order valence-electron chi connectivity index (χ2n) is 6.21. The number of methoxy groups -OCH3 is 1. The predicted octanol–water partition coefficient (Wildman–Crippen LogP) is 5.21. The average molecular weight is 363 g/mol. The van der Waals surface area contributed by atoms with E-state index in [1.807, 2.05) is 54.6 Å². The van der Waals surface area contributed by atoms with Gasteiger partial charge in [0.2, 0.25) is 0 Å². The van der Waals surface area contributed by atoms with Gasteiger partial charge in [-0.3, -0.25) is 4.98 Å². The minimum absolute atomic E-state index is 0.619. The molecule has 0 spiro atoms. The Morgan fingerprint density at radius 3 is 2.48 bits per heavy atom. The zero-order valence-corrected chi connectivity index (χ0v) is 15.7. The van der Waals surface area contributed by atoms with Crippen LogP contribution in [0, 0.1) is 0 Å². The lowest BCUT2D eigenvalue weighted by atomic mass is 10.1. The summed E-state index contributed by atoms with van der Waals surface area (Å²) in [5.74, 6) is 2.35. The number of allylic oxidation sites excluding steroid dienone is 1. The molecule has 0 amide bonds. The number of aromatic nitrogens is 1. The molecule has 0 aliphatic rings. The van der Waals surface area contributed by atoms with E-state index < -0.39 is 0 Å². The van der Waals surface area contributed by atoms with Crippen LogP contribution in [0.25, 0.3) is 10.9 Å². The van der Waals surface area contributed by atoms with Crippen molar-refractivity contribution in [1.29, 1.82) is 0 Å². The lowest BCUT2D eigenvalue weighted by molar-refractivity contribution is 0.259. The summed E-state index contributed by atoms with van der Waals surface area (Å²) in [5.41, 5.74) is 2.06. The Bertz CT molecular complexity index is 886. The first kappa shape index (κ1) is 18.8.